The van der Waals surface area contributed by atoms with E-state index in [9.17, 15) is 9.59 Å². The topological polar surface area (TPSA) is 37.4 Å². The molecule has 0 radical (unpaired) electrons. The minimum Gasteiger partial charge on any atom is -0.342 e. The third kappa shape index (κ3) is 3.41. The molecule has 1 saturated heterocycles. The van der Waals surface area contributed by atoms with Crippen LogP contribution in [0.25, 0.3) is 6.08 Å². The molecular formula is C18H20ClNO2. The maximum atomic E-state index is 12.7. The lowest BCUT2D eigenvalue weighted by molar-refractivity contribution is -0.136. The first kappa shape index (κ1) is 15.3. The molecule has 2 aliphatic rings. The maximum Gasteiger partial charge on any atom is 0.230 e. The lowest BCUT2D eigenvalue weighted by Crippen LogP contribution is -2.37. The fourth-order valence-corrected chi connectivity index (χ4v) is 3.39. The summed E-state index contributed by atoms with van der Waals surface area (Å²) in [5, 5.41) is 0.700. The first-order valence-electron chi connectivity index (χ1n) is 7.90. The van der Waals surface area contributed by atoms with E-state index in [2.05, 4.69) is 6.08 Å². The number of rotatable bonds is 2. The van der Waals surface area contributed by atoms with Crippen LogP contribution in [0.5, 0.6) is 0 Å². The highest BCUT2D eigenvalue weighted by molar-refractivity contribution is 6.30. The van der Waals surface area contributed by atoms with E-state index >= 15 is 0 Å². The summed E-state index contributed by atoms with van der Waals surface area (Å²) in [6, 6.07) is 7.59. The molecule has 0 bridgehead atoms. The molecule has 0 N–H and O–H groups in total. The molecule has 3 rings (SSSR count). The van der Waals surface area contributed by atoms with Gasteiger partial charge in [0.25, 0.3) is 0 Å². The summed E-state index contributed by atoms with van der Waals surface area (Å²) in [5.74, 6) is 0.0617. The fourth-order valence-electron chi connectivity index (χ4n) is 3.27. The average molecular weight is 318 g/mol. The van der Waals surface area contributed by atoms with Crippen LogP contribution in [-0.2, 0) is 9.59 Å². The summed E-state index contributed by atoms with van der Waals surface area (Å²) in [4.78, 5) is 26.4. The van der Waals surface area contributed by atoms with E-state index in [1.165, 1.54) is 0 Å². The molecule has 1 aromatic rings. The van der Waals surface area contributed by atoms with Crippen molar-refractivity contribution in [3.63, 3.8) is 0 Å². The van der Waals surface area contributed by atoms with Crippen molar-refractivity contribution in [2.75, 3.05) is 13.1 Å². The van der Waals surface area contributed by atoms with Crippen LogP contribution in [0, 0.1) is 5.92 Å². The predicted octanol–water partition coefficient (Wildman–Crippen LogP) is 3.72. The predicted molar refractivity (Wildman–Crippen MR) is 87.6 cm³/mol. The van der Waals surface area contributed by atoms with E-state index < -0.39 is 0 Å². The quantitative estimate of drug-likeness (QED) is 0.833. The molecule has 1 atom stereocenters. The smallest absolute Gasteiger partial charge is 0.230 e. The van der Waals surface area contributed by atoms with Gasteiger partial charge in [-0.2, -0.15) is 0 Å². The monoisotopic (exact) mass is 317 g/mol. The van der Waals surface area contributed by atoms with E-state index in [4.69, 9.17) is 11.6 Å². The number of likely N-dealkylation sites (tertiary alicyclic amines) is 1. The molecule has 1 aromatic carbocycles. The third-order valence-corrected chi connectivity index (χ3v) is 4.76. The van der Waals surface area contributed by atoms with E-state index in [-0.39, 0.29) is 17.6 Å². The number of carbonyl (C=O) groups excluding carboxylic acids is 2. The van der Waals surface area contributed by atoms with Gasteiger partial charge in [0.05, 0.1) is 5.92 Å². The number of nitrogens with zero attached hydrogens (tertiary/aromatic N) is 1. The average Bonchev–Trinajstić information content (AvgIpc) is 3.05. The Labute approximate surface area is 135 Å². The Bertz CT molecular complexity index is 600. The minimum absolute atomic E-state index is 0.130. The second-order valence-corrected chi connectivity index (χ2v) is 6.54. The first-order valence-corrected chi connectivity index (χ1v) is 8.28. The summed E-state index contributed by atoms with van der Waals surface area (Å²) in [5.41, 5.74) is 2.12. The van der Waals surface area contributed by atoms with Crippen molar-refractivity contribution in [2.24, 2.45) is 5.92 Å². The van der Waals surface area contributed by atoms with Crippen LogP contribution in [-0.4, -0.2) is 29.7 Å². The zero-order chi connectivity index (χ0) is 15.5. The summed E-state index contributed by atoms with van der Waals surface area (Å²) in [6.07, 6.45) is 5.79. The van der Waals surface area contributed by atoms with Crippen molar-refractivity contribution in [1.82, 2.24) is 4.90 Å². The standard InChI is InChI=1S/C18H20ClNO2/c19-15-6-3-13(4-7-15)11-14-5-8-16(21)12-17(14)18(22)20-9-1-2-10-20/h3-4,6-7,11,17H,1-2,5,8-10,12H2/b14-11+. The molecule has 3 nitrogen and oxygen atoms in total. The number of halogens is 1. The SMILES string of the molecule is O=C1CC/C(=C\c2ccc(Cl)cc2)C(C(=O)N2CCCC2)C1. The Morgan fingerprint density at radius 1 is 1.14 bits per heavy atom. The Kier molecular flexibility index (Phi) is 4.63. The molecule has 116 valence electrons. The van der Waals surface area contributed by atoms with Gasteiger partial charge < -0.3 is 4.90 Å². The van der Waals surface area contributed by atoms with Crippen LogP contribution in [0.1, 0.15) is 37.7 Å². The largest absolute Gasteiger partial charge is 0.342 e. The minimum atomic E-state index is -0.268. The van der Waals surface area contributed by atoms with Crippen molar-refractivity contribution >= 4 is 29.4 Å². The van der Waals surface area contributed by atoms with Gasteiger partial charge in [-0.25, -0.2) is 0 Å². The second kappa shape index (κ2) is 6.66. The number of amides is 1. The number of benzene rings is 1. The van der Waals surface area contributed by atoms with Gasteiger partial charge in [-0.1, -0.05) is 35.4 Å². The number of hydrogen-bond donors (Lipinski definition) is 0. The van der Waals surface area contributed by atoms with E-state index in [0.717, 1.165) is 37.1 Å². The summed E-state index contributed by atoms with van der Waals surface area (Å²) >= 11 is 5.91. The van der Waals surface area contributed by atoms with Gasteiger partial charge in [0, 0.05) is 31.0 Å². The molecule has 0 spiro atoms. The van der Waals surface area contributed by atoms with Gasteiger partial charge in [0.15, 0.2) is 0 Å². The van der Waals surface area contributed by atoms with Gasteiger partial charge >= 0.3 is 0 Å². The van der Waals surface area contributed by atoms with Gasteiger partial charge in [-0.15, -0.1) is 0 Å². The molecule has 22 heavy (non-hydrogen) atoms. The zero-order valence-corrected chi connectivity index (χ0v) is 13.3. The Morgan fingerprint density at radius 2 is 1.82 bits per heavy atom. The lowest BCUT2D eigenvalue weighted by Gasteiger charge is -2.28. The van der Waals surface area contributed by atoms with Crippen LogP contribution in [0.15, 0.2) is 29.8 Å². The molecule has 1 saturated carbocycles. The van der Waals surface area contributed by atoms with Crippen LogP contribution in [0.3, 0.4) is 0 Å². The molecular weight excluding hydrogens is 298 g/mol. The highest BCUT2D eigenvalue weighted by atomic mass is 35.5. The van der Waals surface area contributed by atoms with Crippen molar-refractivity contribution in [3.05, 3.63) is 40.4 Å². The molecule has 0 aromatic heterocycles. The highest BCUT2D eigenvalue weighted by Crippen LogP contribution is 2.32. The summed E-state index contributed by atoms with van der Waals surface area (Å²) in [7, 11) is 0. The van der Waals surface area contributed by atoms with Gasteiger partial charge in [0.1, 0.15) is 5.78 Å². The van der Waals surface area contributed by atoms with Gasteiger partial charge in [-0.05, 0) is 37.0 Å². The lowest BCUT2D eigenvalue weighted by atomic mass is 9.81. The van der Waals surface area contributed by atoms with Crippen molar-refractivity contribution < 1.29 is 9.59 Å². The normalized spacial score (nSPS) is 24.0. The summed E-state index contributed by atoms with van der Waals surface area (Å²) < 4.78 is 0. The molecule has 1 heterocycles. The van der Waals surface area contributed by atoms with Crippen molar-refractivity contribution in [3.8, 4) is 0 Å². The summed E-state index contributed by atoms with van der Waals surface area (Å²) in [6.45, 7) is 1.66. The Morgan fingerprint density at radius 3 is 2.50 bits per heavy atom. The molecule has 1 aliphatic heterocycles. The van der Waals surface area contributed by atoms with Gasteiger partial charge in [0.2, 0.25) is 5.91 Å². The van der Waals surface area contributed by atoms with E-state index in [0.29, 0.717) is 24.3 Å². The number of carbonyl (C=O) groups is 2. The van der Waals surface area contributed by atoms with Crippen LogP contribution < -0.4 is 0 Å². The second-order valence-electron chi connectivity index (χ2n) is 6.10. The maximum absolute atomic E-state index is 12.7. The molecule has 1 amide bonds. The molecule has 4 heteroatoms. The van der Waals surface area contributed by atoms with Crippen molar-refractivity contribution in [2.45, 2.75) is 32.1 Å². The van der Waals surface area contributed by atoms with Gasteiger partial charge in [-0.3, -0.25) is 9.59 Å². The van der Waals surface area contributed by atoms with Crippen LogP contribution in [0.4, 0.5) is 0 Å². The zero-order valence-electron chi connectivity index (χ0n) is 12.6. The van der Waals surface area contributed by atoms with E-state index in [1.807, 2.05) is 29.2 Å². The number of ketones is 1. The molecule has 1 aliphatic carbocycles. The number of hydrogen-bond acceptors (Lipinski definition) is 2. The third-order valence-electron chi connectivity index (χ3n) is 4.51. The Balaban J connectivity index is 1.84. The van der Waals surface area contributed by atoms with Crippen molar-refractivity contribution in [1.29, 1.82) is 0 Å². The first-order chi connectivity index (χ1) is 10.6. The Hall–Kier alpha value is -1.61. The highest BCUT2D eigenvalue weighted by Gasteiger charge is 2.33. The van der Waals surface area contributed by atoms with Crippen LogP contribution in [0.2, 0.25) is 5.02 Å². The molecule has 1 unspecified atom stereocenters. The van der Waals surface area contributed by atoms with E-state index in [1.54, 1.807) is 0 Å². The number of Topliss-reactive ketones (excluding diaryl/α,β-unsaturated/α-hetero) is 1. The fraction of sp³-hybridized carbons (Fsp3) is 0.444. The molecule has 2 fully saturated rings. The van der Waals surface area contributed by atoms with Crippen LogP contribution >= 0.6 is 11.6 Å².